The third-order valence-electron chi connectivity index (χ3n) is 4.97. The quantitative estimate of drug-likeness (QED) is 0.808. The second kappa shape index (κ2) is 7.02. The van der Waals surface area contributed by atoms with E-state index in [1.807, 2.05) is 6.20 Å². The number of hydrogen-bond donors (Lipinski definition) is 0. The first-order chi connectivity index (χ1) is 10.8. The van der Waals surface area contributed by atoms with Gasteiger partial charge in [0.1, 0.15) is 11.9 Å². The zero-order chi connectivity index (χ0) is 14.9. The van der Waals surface area contributed by atoms with E-state index in [2.05, 4.69) is 53.2 Å². The van der Waals surface area contributed by atoms with Crippen LogP contribution in [0, 0.1) is 12.8 Å². The minimum absolute atomic E-state index is 0. The first-order valence-electron chi connectivity index (χ1n) is 8.20. The van der Waals surface area contributed by atoms with Gasteiger partial charge in [0.15, 0.2) is 0 Å². The number of benzene rings is 1. The van der Waals surface area contributed by atoms with Crippen molar-refractivity contribution >= 4 is 17.0 Å². The molecule has 1 atom stereocenters. The second-order valence-electron chi connectivity index (χ2n) is 6.54. The van der Waals surface area contributed by atoms with Gasteiger partial charge in [0.2, 0.25) is 0 Å². The number of rotatable bonds is 3. The fourth-order valence-corrected chi connectivity index (χ4v) is 3.56. The molecule has 0 saturated carbocycles. The summed E-state index contributed by atoms with van der Waals surface area (Å²) >= 11 is 0. The lowest BCUT2D eigenvalue weighted by Crippen LogP contribution is -2.52. The highest BCUT2D eigenvalue weighted by Crippen LogP contribution is 2.31. The third kappa shape index (κ3) is 3.59. The van der Waals surface area contributed by atoms with Crippen molar-refractivity contribution < 1.29 is 4.74 Å². The van der Waals surface area contributed by atoms with Crippen molar-refractivity contribution in [3.8, 4) is 17.0 Å². The van der Waals surface area contributed by atoms with Crippen LogP contribution in [0.1, 0.15) is 18.4 Å². The van der Waals surface area contributed by atoms with Gasteiger partial charge in [0.25, 0.3) is 0 Å². The van der Waals surface area contributed by atoms with Gasteiger partial charge in [-0.05, 0) is 50.9 Å². The largest absolute Gasteiger partial charge is 0.487 e. The number of hydrogen-bond acceptors (Lipinski definition) is 3. The molecule has 3 saturated heterocycles. The van der Waals surface area contributed by atoms with Gasteiger partial charge in [-0.3, -0.25) is 9.88 Å². The molecule has 3 fully saturated rings. The standard InChI is InChI=1S/C19H22N2O.BrH/c1-14-2-4-15(5-3-14)18-7-6-17(12-20-18)22-19-13-21-10-8-16(19)9-11-21;/h2-7,12,16,19H,8-11,13H2,1H3;1H/t19-;/m0./s1. The summed E-state index contributed by atoms with van der Waals surface area (Å²) in [6, 6.07) is 12.6. The smallest absolute Gasteiger partial charge is 0.138 e. The fourth-order valence-electron chi connectivity index (χ4n) is 3.56. The van der Waals surface area contributed by atoms with Crippen LogP contribution in [0.2, 0.25) is 0 Å². The number of fused-ring (bicyclic) bond motifs is 3. The first-order valence-corrected chi connectivity index (χ1v) is 8.20. The van der Waals surface area contributed by atoms with E-state index in [0.717, 1.165) is 29.5 Å². The molecule has 4 heterocycles. The lowest BCUT2D eigenvalue weighted by atomic mass is 9.86. The minimum Gasteiger partial charge on any atom is -0.487 e. The van der Waals surface area contributed by atoms with E-state index in [1.54, 1.807) is 0 Å². The molecular formula is C19H23BrN2O. The maximum absolute atomic E-state index is 6.20. The fraction of sp³-hybridized carbons (Fsp3) is 0.421. The molecule has 1 aromatic heterocycles. The Morgan fingerprint density at radius 3 is 2.35 bits per heavy atom. The normalized spacial score (nSPS) is 25.7. The van der Waals surface area contributed by atoms with Crippen LogP contribution >= 0.6 is 17.0 Å². The van der Waals surface area contributed by atoms with Gasteiger partial charge in [-0.25, -0.2) is 0 Å². The molecule has 1 aromatic carbocycles. The zero-order valence-electron chi connectivity index (χ0n) is 13.4. The molecule has 3 nitrogen and oxygen atoms in total. The van der Waals surface area contributed by atoms with Gasteiger partial charge in [0.05, 0.1) is 11.9 Å². The molecule has 0 N–H and O–H groups in total. The first kappa shape index (κ1) is 16.5. The van der Waals surface area contributed by atoms with Crippen molar-refractivity contribution in [2.45, 2.75) is 25.9 Å². The molecule has 0 unspecified atom stereocenters. The lowest BCUT2D eigenvalue weighted by Gasteiger charge is -2.44. The third-order valence-corrected chi connectivity index (χ3v) is 4.97. The minimum atomic E-state index is 0. The summed E-state index contributed by atoms with van der Waals surface area (Å²) in [4.78, 5) is 7.08. The predicted octanol–water partition coefficient (Wildman–Crippen LogP) is 4.11. The van der Waals surface area contributed by atoms with E-state index in [-0.39, 0.29) is 17.0 Å². The molecule has 0 radical (unpaired) electrons. The van der Waals surface area contributed by atoms with E-state index in [4.69, 9.17) is 4.74 Å². The average molecular weight is 375 g/mol. The van der Waals surface area contributed by atoms with Crippen LogP contribution in [0.15, 0.2) is 42.6 Å². The average Bonchev–Trinajstić information content (AvgIpc) is 2.58. The Morgan fingerprint density at radius 1 is 1.04 bits per heavy atom. The Hall–Kier alpha value is -1.39. The van der Waals surface area contributed by atoms with E-state index in [9.17, 15) is 0 Å². The Balaban J connectivity index is 0.00000156. The molecule has 3 aliphatic heterocycles. The van der Waals surface area contributed by atoms with Crippen LogP contribution in [0.4, 0.5) is 0 Å². The number of ether oxygens (including phenoxy) is 1. The van der Waals surface area contributed by atoms with E-state index in [0.29, 0.717) is 6.10 Å². The highest BCUT2D eigenvalue weighted by Gasteiger charge is 2.35. The summed E-state index contributed by atoms with van der Waals surface area (Å²) in [5.74, 6) is 1.62. The molecule has 3 aliphatic rings. The van der Waals surface area contributed by atoms with E-state index in [1.165, 1.54) is 31.5 Å². The van der Waals surface area contributed by atoms with Gasteiger partial charge in [-0.1, -0.05) is 29.8 Å². The van der Waals surface area contributed by atoms with Gasteiger partial charge in [-0.15, -0.1) is 17.0 Å². The van der Waals surface area contributed by atoms with E-state index >= 15 is 0 Å². The summed E-state index contributed by atoms with van der Waals surface area (Å²) in [6.45, 7) is 5.66. The summed E-state index contributed by atoms with van der Waals surface area (Å²) in [6.07, 6.45) is 4.76. The van der Waals surface area contributed by atoms with Gasteiger partial charge < -0.3 is 4.74 Å². The van der Waals surface area contributed by atoms with Crippen LogP contribution in [-0.2, 0) is 0 Å². The maximum atomic E-state index is 6.20. The van der Waals surface area contributed by atoms with Gasteiger partial charge in [0, 0.05) is 12.1 Å². The van der Waals surface area contributed by atoms with Crippen molar-refractivity contribution in [2.75, 3.05) is 19.6 Å². The number of nitrogens with zero attached hydrogens (tertiary/aromatic N) is 2. The Morgan fingerprint density at radius 2 is 1.78 bits per heavy atom. The number of pyridine rings is 1. The summed E-state index contributed by atoms with van der Waals surface area (Å²) < 4.78 is 6.20. The highest BCUT2D eigenvalue weighted by molar-refractivity contribution is 8.93. The Kier molecular flexibility index (Phi) is 5.02. The molecule has 5 rings (SSSR count). The summed E-state index contributed by atoms with van der Waals surface area (Å²) in [7, 11) is 0. The second-order valence-corrected chi connectivity index (χ2v) is 6.54. The SMILES string of the molecule is Br.Cc1ccc(-c2ccc(O[C@H]3CN4CCC3CC4)cn2)cc1. The predicted molar refractivity (Wildman–Crippen MR) is 98.3 cm³/mol. The van der Waals surface area contributed by atoms with Crippen molar-refractivity contribution in [1.29, 1.82) is 0 Å². The molecule has 0 spiro atoms. The molecule has 2 bridgehead atoms. The van der Waals surface area contributed by atoms with Crippen LogP contribution < -0.4 is 4.74 Å². The monoisotopic (exact) mass is 374 g/mol. The zero-order valence-corrected chi connectivity index (χ0v) is 15.2. The molecule has 2 aromatic rings. The van der Waals surface area contributed by atoms with Crippen molar-refractivity contribution in [3.63, 3.8) is 0 Å². The van der Waals surface area contributed by atoms with Gasteiger partial charge >= 0.3 is 0 Å². The number of aromatic nitrogens is 1. The van der Waals surface area contributed by atoms with Crippen LogP contribution in [0.5, 0.6) is 5.75 Å². The lowest BCUT2D eigenvalue weighted by molar-refractivity contribution is -0.00791. The van der Waals surface area contributed by atoms with Gasteiger partial charge in [-0.2, -0.15) is 0 Å². The molecule has 122 valence electrons. The van der Waals surface area contributed by atoms with Crippen LogP contribution in [0.25, 0.3) is 11.3 Å². The molecular weight excluding hydrogens is 352 g/mol. The van der Waals surface area contributed by atoms with Crippen molar-refractivity contribution in [2.24, 2.45) is 5.92 Å². The molecule has 0 aliphatic carbocycles. The Bertz CT molecular complexity index is 633. The molecule has 0 amide bonds. The molecule has 4 heteroatoms. The maximum Gasteiger partial charge on any atom is 0.138 e. The highest BCUT2D eigenvalue weighted by atomic mass is 79.9. The van der Waals surface area contributed by atoms with Crippen molar-refractivity contribution in [1.82, 2.24) is 9.88 Å². The summed E-state index contributed by atoms with van der Waals surface area (Å²) in [5, 5.41) is 0. The van der Waals surface area contributed by atoms with Crippen molar-refractivity contribution in [3.05, 3.63) is 48.2 Å². The van der Waals surface area contributed by atoms with Crippen LogP contribution in [-0.4, -0.2) is 35.6 Å². The van der Waals surface area contributed by atoms with Crippen LogP contribution in [0.3, 0.4) is 0 Å². The Labute approximate surface area is 148 Å². The van der Waals surface area contributed by atoms with E-state index < -0.39 is 0 Å². The number of aryl methyl sites for hydroxylation is 1. The molecule has 23 heavy (non-hydrogen) atoms. The topological polar surface area (TPSA) is 25.4 Å². The number of piperidine rings is 3. The number of halogens is 1. The summed E-state index contributed by atoms with van der Waals surface area (Å²) in [5.41, 5.74) is 3.42.